The Balaban J connectivity index is 1.57. The zero-order chi connectivity index (χ0) is 16.4. The van der Waals surface area contributed by atoms with Gasteiger partial charge in [0.15, 0.2) is 0 Å². The molecule has 1 aliphatic heterocycles. The number of aryl methyl sites for hydroxylation is 1. The van der Waals surface area contributed by atoms with Crippen molar-refractivity contribution < 1.29 is 0 Å². The summed E-state index contributed by atoms with van der Waals surface area (Å²) in [5.41, 5.74) is 4.05. The highest BCUT2D eigenvalue weighted by atomic mass is 15.3. The van der Waals surface area contributed by atoms with Gasteiger partial charge in [-0.25, -0.2) is 15.0 Å². The SMILES string of the molecule is Cc1nc2ccccc2nc1CN1CCCC[C@@H]1Cn1cncn1. The van der Waals surface area contributed by atoms with Crippen LogP contribution in [0.1, 0.15) is 30.7 Å². The third kappa shape index (κ3) is 3.14. The molecule has 6 nitrogen and oxygen atoms in total. The number of likely N-dealkylation sites (tertiary alicyclic amines) is 1. The van der Waals surface area contributed by atoms with Crippen molar-refractivity contribution in [1.82, 2.24) is 29.6 Å². The Morgan fingerprint density at radius 3 is 2.75 bits per heavy atom. The molecule has 0 bridgehead atoms. The van der Waals surface area contributed by atoms with Crippen LogP contribution in [0.4, 0.5) is 0 Å². The van der Waals surface area contributed by atoms with E-state index in [4.69, 9.17) is 9.97 Å². The summed E-state index contributed by atoms with van der Waals surface area (Å²) < 4.78 is 1.93. The Morgan fingerprint density at radius 1 is 1.12 bits per heavy atom. The minimum atomic E-state index is 0.480. The van der Waals surface area contributed by atoms with Crippen molar-refractivity contribution >= 4 is 11.0 Å². The number of hydrogen-bond acceptors (Lipinski definition) is 5. The van der Waals surface area contributed by atoms with Gasteiger partial charge >= 0.3 is 0 Å². The molecule has 3 aromatic rings. The fourth-order valence-electron chi connectivity index (χ4n) is 3.48. The molecule has 3 heterocycles. The lowest BCUT2D eigenvalue weighted by molar-refractivity contribution is 0.120. The number of hydrogen-bond donors (Lipinski definition) is 0. The normalized spacial score (nSPS) is 19.0. The molecule has 0 radical (unpaired) electrons. The van der Waals surface area contributed by atoms with Gasteiger partial charge in [-0.15, -0.1) is 0 Å². The zero-order valence-electron chi connectivity index (χ0n) is 14.0. The second-order valence-electron chi connectivity index (χ2n) is 6.48. The van der Waals surface area contributed by atoms with Crippen LogP contribution in [0.25, 0.3) is 11.0 Å². The van der Waals surface area contributed by atoms with Crippen molar-refractivity contribution in [3.05, 3.63) is 48.3 Å². The molecule has 124 valence electrons. The molecule has 24 heavy (non-hydrogen) atoms. The first-order chi connectivity index (χ1) is 11.8. The van der Waals surface area contributed by atoms with Crippen molar-refractivity contribution in [3.8, 4) is 0 Å². The van der Waals surface area contributed by atoms with Gasteiger partial charge in [0.1, 0.15) is 12.7 Å². The van der Waals surface area contributed by atoms with E-state index in [2.05, 4.69) is 21.9 Å². The van der Waals surface area contributed by atoms with Gasteiger partial charge in [-0.3, -0.25) is 9.58 Å². The van der Waals surface area contributed by atoms with Gasteiger partial charge < -0.3 is 0 Å². The van der Waals surface area contributed by atoms with E-state index in [1.54, 1.807) is 12.7 Å². The van der Waals surface area contributed by atoms with Crippen LogP contribution in [0.3, 0.4) is 0 Å². The summed E-state index contributed by atoms with van der Waals surface area (Å²) in [6, 6.07) is 8.56. The van der Waals surface area contributed by atoms with Crippen LogP contribution >= 0.6 is 0 Å². The number of para-hydroxylation sites is 2. The molecule has 1 aromatic carbocycles. The summed E-state index contributed by atoms with van der Waals surface area (Å²) in [6.45, 7) is 4.90. The molecule has 1 fully saturated rings. The second-order valence-corrected chi connectivity index (χ2v) is 6.48. The third-order valence-corrected chi connectivity index (χ3v) is 4.81. The van der Waals surface area contributed by atoms with Crippen LogP contribution in [-0.2, 0) is 13.1 Å². The Bertz CT molecular complexity index is 813. The summed E-state index contributed by atoms with van der Waals surface area (Å²) in [5.74, 6) is 0. The van der Waals surface area contributed by atoms with E-state index in [9.17, 15) is 0 Å². The van der Waals surface area contributed by atoms with Crippen LogP contribution in [0.2, 0.25) is 0 Å². The summed E-state index contributed by atoms with van der Waals surface area (Å²) >= 11 is 0. The number of nitrogens with zero attached hydrogens (tertiary/aromatic N) is 6. The van der Waals surface area contributed by atoms with Crippen LogP contribution in [-0.4, -0.2) is 42.2 Å². The average Bonchev–Trinajstić information content (AvgIpc) is 3.10. The van der Waals surface area contributed by atoms with E-state index in [0.717, 1.165) is 42.1 Å². The molecule has 0 amide bonds. The molecule has 0 spiro atoms. The van der Waals surface area contributed by atoms with Crippen molar-refractivity contribution in [2.24, 2.45) is 0 Å². The zero-order valence-corrected chi connectivity index (χ0v) is 14.0. The Hall–Kier alpha value is -2.34. The fourth-order valence-corrected chi connectivity index (χ4v) is 3.48. The first-order valence-corrected chi connectivity index (χ1v) is 8.58. The minimum absolute atomic E-state index is 0.480. The molecule has 1 atom stereocenters. The highest BCUT2D eigenvalue weighted by Gasteiger charge is 2.24. The molecule has 0 N–H and O–H groups in total. The lowest BCUT2D eigenvalue weighted by Crippen LogP contribution is -2.42. The van der Waals surface area contributed by atoms with E-state index in [0.29, 0.717) is 6.04 Å². The van der Waals surface area contributed by atoms with Gasteiger partial charge in [0, 0.05) is 12.6 Å². The first-order valence-electron chi connectivity index (χ1n) is 8.58. The van der Waals surface area contributed by atoms with E-state index in [1.807, 2.05) is 28.9 Å². The summed E-state index contributed by atoms with van der Waals surface area (Å²) in [5, 5.41) is 4.26. The lowest BCUT2D eigenvalue weighted by Gasteiger charge is -2.35. The molecule has 6 heteroatoms. The summed E-state index contributed by atoms with van der Waals surface area (Å²) in [6.07, 6.45) is 7.12. The molecular weight excluding hydrogens is 300 g/mol. The maximum absolute atomic E-state index is 4.86. The van der Waals surface area contributed by atoms with Gasteiger partial charge in [0.05, 0.1) is 29.0 Å². The van der Waals surface area contributed by atoms with Crippen molar-refractivity contribution in [1.29, 1.82) is 0 Å². The predicted molar refractivity (Wildman–Crippen MR) is 92.3 cm³/mol. The third-order valence-electron chi connectivity index (χ3n) is 4.81. The Morgan fingerprint density at radius 2 is 1.96 bits per heavy atom. The lowest BCUT2D eigenvalue weighted by atomic mass is 10.0. The van der Waals surface area contributed by atoms with Gasteiger partial charge in [0.25, 0.3) is 0 Å². The fraction of sp³-hybridized carbons (Fsp3) is 0.444. The van der Waals surface area contributed by atoms with Crippen LogP contribution in [0.5, 0.6) is 0 Å². The topological polar surface area (TPSA) is 59.7 Å². The molecule has 0 aliphatic carbocycles. The maximum atomic E-state index is 4.86. The summed E-state index contributed by atoms with van der Waals surface area (Å²) in [7, 11) is 0. The van der Waals surface area contributed by atoms with Crippen LogP contribution in [0.15, 0.2) is 36.9 Å². The van der Waals surface area contributed by atoms with E-state index >= 15 is 0 Å². The number of aromatic nitrogens is 5. The largest absolute Gasteiger partial charge is 0.293 e. The maximum Gasteiger partial charge on any atom is 0.137 e. The second kappa shape index (κ2) is 6.65. The minimum Gasteiger partial charge on any atom is -0.293 e. The monoisotopic (exact) mass is 322 g/mol. The number of piperidine rings is 1. The smallest absolute Gasteiger partial charge is 0.137 e. The van der Waals surface area contributed by atoms with Gasteiger partial charge in [0.2, 0.25) is 0 Å². The quantitative estimate of drug-likeness (QED) is 0.739. The number of rotatable bonds is 4. The van der Waals surface area contributed by atoms with Gasteiger partial charge in [-0.1, -0.05) is 18.6 Å². The highest BCUT2D eigenvalue weighted by Crippen LogP contribution is 2.22. The average molecular weight is 322 g/mol. The standard InChI is InChI=1S/C18H22N6/c1-14-18(22-17-8-3-2-7-16(17)21-14)11-23-9-5-4-6-15(23)10-24-13-19-12-20-24/h2-3,7-8,12-13,15H,4-6,9-11H2,1H3/t15-/m1/s1. The number of benzene rings is 1. The van der Waals surface area contributed by atoms with Crippen molar-refractivity contribution in [3.63, 3.8) is 0 Å². The first kappa shape index (κ1) is 15.2. The van der Waals surface area contributed by atoms with E-state index in [1.165, 1.54) is 19.3 Å². The molecule has 0 saturated carbocycles. The molecule has 1 saturated heterocycles. The molecule has 4 rings (SSSR count). The molecular formula is C18H22N6. The number of fused-ring (bicyclic) bond motifs is 1. The predicted octanol–water partition coefficient (Wildman–Crippen LogP) is 2.58. The highest BCUT2D eigenvalue weighted by molar-refractivity contribution is 5.74. The molecule has 1 aliphatic rings. The molecule has 2 aromatic heterocycles. The van der Waals surface area contributed by atoms with E-state index in [-0.39, 0.29) is 0 Å². The summed E-state index contributed by atoms with van der Waals surface area (Å²) in [4.78, 5) is 16.2. The van der Waals surface area contributed by atoms with Gasteiger partial charge in [-0.05, 0) is 38.4 Å². The van der Waals surface area contributed by atoms with Crippen LogP contribution in [0, 0.1) is 6.92 Å². The van der Waals surface area contributed by atoms with E-state index < -0.39 is 0 Å². The Labute approximate surface area is 141 Å². The Kier molecular flexibility index (Phi) is 4.21. The van der Waals surface area contributed by atoms with Crippen molar-refractivity contribution in [2.45, 2.75) is 45.3 Å². The van der Waals surface area contributed by atoms with Crippen LogP contribution < -0.4 is 0 Å². The van der Waals surface area contributed by atoms with Crippen molar-refractivity contribution in [2.75, 3.05) is 6.54 Å². The van der Waals surface area contributed by atoms with Gasteiger partial charge in [-0.2, -0.15) is 5.10 Å². The molecule has 0 unspecified atom stereocenters.